The number of anilines is 1. The number of nitrogens with zero attached hydrogens (tertiary/aromatic N) is 1. The lowest BCUT2D eigenvalue weighted by atomic mass is 9.99. The van der Waals surface area contributed by atoms with Crippen molar-refractivity contribution in [2.45, 2.75) is 30.9 Å². The van der Waals surface area contributed by atoms with Crippen LogP contribution in [0.15, 0.2) is 24.3 Å². The lowest BCUT2D eigenvalue weighted by molar-refractivity contribution is -0.118. The van der Waals surface area contributed by atoms with E-state index < -0.39 is 15.1 Å². The van der Waals surface area contributed by atoms with E-state index in [9.17, 15) is 18.0 Å². The van der Waals surface area contributed by atoms with Crippen molar-refractivity contribution in [2.75, 3.05) is 17.2 Å². The summed E-state index contributed by atoms with van der Waals surface area (Å²) in [6.07, 6.45) is 2.01. The van der Waals surface area contributed by atoms with Crippen molar-refractivity contribution in [1.29, 1.82) is 0 Å². The maximum Gasteiger partial charge on any atom is 0.245 e. The molecular formula is C15H17NO4S. The molecule has 21 heavy (non-hydrogen) atoms. The van der Waals surface area contributed by atoms with Gasteiger partial charge < -0.3 is 4.90 Å². The number of benzene rings is 1. The number of fused-ring (bicyclic) bond motifs is 1. The topological polar surface area (TPSA) is 71.5 Å². The van der Waals surface area contributed by atoms with Gasteiger partial charge in [0.25, 0.3) is 0 Å². The molecule has 0 spiro atoms. The zero-order chi connectivity index (χ0) is 15.0. The number of amides is 1. The first kappa shape index (κ1) is 14.3. The number of carbonyl (C=O) groups is 2. The zero-order valence-corrected chi connectivity index (χ0v) is 12.4. The molecule has 5 nitrogen and oxygen atoms in total. The molecule has 0 saturated carbocycles. The summed E-state index contributed by atoms with van der Waals surface area (Å²) in [5.74, 6) is -0.298. The Labute approximate surface area is 123 Å². The predicted octanol–water partition coefficient (Wildman–Crippen LogP) is 1.57. The number of para-hydroxylation sites is 1. The maximum atomic E-state index is 12.7. The van der Waals surface area contributed by atoms with Gasteiger partial charge in [-0.2, -0.15) is 0 Å². The molecule has 0 bridgehead atoms. The van der Waals surface area contributed by atoms with E-state index in [0.29, 0.717) is 24.1 Å². The predicted molar refractivity (Wildman–Crippen MR) is 79.2 cm³/mol. The van der Waals surface area contributed by atoms with Gasteiger partial charge in [0, 0.05) is 18.5 Å². The lowest BCUT2D eigenvalue weighted by Gasteiger charge is -2.32. The van der Waals surface area contributed by atoms with E-state index in [1.165, 1.54) is 4.90 Å². The number of hydrogen-bond acceptors (Lipinski definition) is 4. The third-order valence-electron chi connectivity index (χ3n) is 4.18. The third-order valence-corrected chi connectivity index (χ3v) is 6.34. The molecule has 1 atom stereocenters. The van der Waals surface area contributed by atoms with Crippen LogP contribution >= 0.6 is 0 Å². The summed E-state index contributed by atoms with van der Waals surface area (Å²) in [6.45, 7) is 0.265. The first-order valence-corrected chi connectivity index (χ1v) is 8.87. The molecule has 1 amide bonds. The quantitative estimate of drug-likeness (QED) is 0.789. The van der Waals surface area contributed by atoms with Crippen LogP contribution in [-0.2, 0) is 14.6 Å². The summed E-state index contributed by atoms with van der Waals surface area (Å²) in [5, 5.41) is -0.951. The molecule has 1 fully saturated rings. The maximum absolute atomic E-state index is 12.7. The van der Waals surface area contributed by atoms with Crippen molar-refractivity contribution in [1.82, 2.24) is 0 Å². The average molecular weight is 307 g/mol. The molecule has 2 heterocycles. The van der Waals surface area contributed by atoms with Crippen LogP contribution < -0.4 is 4.90 Å². The summed E-state index contributed by atoms with van der Waals surface area (Å²) in [7, 11) is -3.36. The fourth-order valence-corrected chi connectivity index (χ4v) is 4.90. The minimum atomic E-state index is -3.36. The molecule has 112 valence electrons. The normalized spacial score (nSPS) is 24.5. The number of Topliss-reactive ketones (excluding diaryl/α,β-unsaturated/α-hetero) is 1. The fraction of sp³-hybridized carbons (Fsp3) is 0.467. The molecule has 0 radical (unpaired) electrons. The molecule has 0 aromatic heterocycles. The minimum absolute atomic E-state index is 0.00107. The van der Waals surface area contributed by atoms with Crippen molar-refractivity contribution in [3.63, 3.8) is 0 Å². The van der Waals surface area contributed by atoms with E-state index in [0.717, 1.165) is 6.42 Å². The van der Waals surface area contributed by atoms with Crippen LogP contribution in [0.4, 0.5) is 5.69 Å². The standard InChI is InChI=1S/C15H17NO4S/c17-13-8-9-16(12-6-2-1-5-11(12)13)15(18)14-7-3-4-10-21(14,19)20/h1-2,5-6,14H,3-4,7-10H2. The van der Waals surface area contributed by atoms with Gasteiger partial charge in [-0.3, -0.25) is 9.59 Å². The second kappa shape index (κ2) is 5.26. The molecule has 3 rings (SSSR count). The number of ketones is 1. The highest BCUT2D eigenvalue weighted by Crippen LogP contribution is 2.30. The van der Waals surface area contributed by atoms with Crippen molar-refractivity contribution >= 4 is 27.2 Å². The molecule has 0 N–H and O–H groups in total. The van der Waals surface area contributed by atoms with Gasteiger partial charge in [-0.25, -0.2) is 8.42 Å². The van der Waals surface area contributed by atoms with E-state index in [1.807, 2.05) is 0 Å². The van der Waals surface area contributed by atoms with Gasteiger partial charge in [-0.15, -0.1) is 0 Å². The van der Waals surface area contributed by atoms with Crippen LogP contribution in [0.1, 0.15) is 36.0 Å². The fourth-order valence-electron chi connectivity index (χ4n) is 3.05. The number of rotatable bonds is 1. The summed E-state index contributed by atoms with van der Waals surface area (Å²) in [5.41, 5.74) is 1.05. The van der Waals surface area contributed by atoms with Crippen LogP contribution in [0.3, 0.4) is 0 Å². The van der Waals surface area contributed by atoms with Gasteiger partial charge in [0.05, 0.1) is 11.4 Å². The summed E-state index contributed by atoms with van der Waals surface area (Å²) < 4.78 is 24.3. The number of hydrogen-bond donors (Lipinski definition) is 0. The second-order valence-corrected chi connectivity index (χ2v) is 7.83. The van der Waals surface area contributed by atoms with E-state index in [2.05, 4.69) is 0 Å². The van der Waals surface area contributed by atoms with Crippen LogP contribution in [0.2, 0.25) is 0 Å². The summed E-state index contributed by atoms with van der Waals surface area (Å²) in [4.78, 5) is 26.1. The molecule has 1 aromatic rings. The smallest absolute Gasteiger partial charge is 0.245 e. The van der Waals surface area contributed by atoms with Crippen molar-refractivity contribution in [2.24, 2.45) is 0 Å². The van der Waals surface area contributed by atoms with Gasteiger partial charge >= 0.3 is 0 Å². The summed E-state index contributed by atoms with van der Waals surface area (Å²) in [6, 6.07) is 6.90. The molecule has 1 saturated heterocycles. The molecule has 1 unspecified atom stereocenters. The highest BCUT2D eigenvalue weighted by molar-refractivity contribution is 7.92. The lowest BCUT2D eigenvalue weighted by Crippen LogP contribution is -2.47. The Morgan fingerprint density at radius 1 is 1.19 bits per heavy atom. The van der Waals surface area contributed by atoms with Crippen LogP contribution in [0.5, 0.6) is 0 Å². The van der Waals surface area contributed by atoms with E-state index in [4.69, 9.17) is 0 Å². The van der Waals surface area contributed by atoms with E-state index >= 15 is 0 Å². The highest BCUT2D eigenvalue weighted by Gasteiger charge is 2.39. The third kappa shape index (κ3) is 2.48. The Hall–Kier alpha value is -1.69. The Morgan fingerprint density at radius 3 is 2.71 bits per heavy atom. The largest absolute Gasteiger partial charge is 0.310 e. The Morgan fingerprint density at radius 2 is 1.95 bits per heavy atom. The minimum Gasteiger partial charge on any atom is -0.310 e. The van der Waals surface area contributed by atoms with Gasteiger partial charge in [-0.1, -0.05) is 18.6 Å². The Bertz CT molecular complexity index is 695. The van der Waals surface area contributed by atoms with Crippen LogP contribution in [0, 0.1) is 0 Å². The van der Waals surface area contributed by atoms with Crippen LogP contribution in [-0.4, -0.2) is 37.7 Å². The first-order valence-electron chi connectivity index (χ1n) is 7.16. The van der Waals surface area contributed by atoms with Gasteiger partial charge in [0.2, 0.25) is 5.91 Å². The van der Waals surface area contributed by atoms with Crippen molar-refractivity contribution in [3.05, 3.63) is 29.8 Å². The van der Waals surface area contributed by atoms with E-state index in [-0.39, 0.29) is 30.4 Å². The first-order chi connectivity index (χ1) is 10.0. The SMILES string of the molecule is O=C1CCN(C(=O)C2CCCCS2(=O)=O)c2ccccc21. The number of sulfone groups is 1. The molecular weight excluding hydrogens is 290 g/mol. The van der Waals surface area contributed by atoms with Gasteiger partial charge in [0.15, 0.2) is 15.6 Å². The van der Waals surface area contributed by atoms with Gasteiger partial charge in [0.1, 0.15) is 5.25 Å². The molecule has 6 heteroatoms. The zero-order valence-electron chi connectivity index (χ0n) is 11.6. The molecule has 2 aliphatic heterocycles. The Kier molecular flexibility index (Phi) is 3.57. The average Bonchev–Trinajstić information content (AvgIpc) is 2.47. The molecule has 0 aliphatic carbocycles. The molecule has 2 aliphatic rings. The summed E-state index contributed by atoms with van der Waals surface area (Å²) >= 11 is 0. The monoisotopic (exact) mass is 307 g/mol. The van der Waals surface area contributed by atoms with Gasteiger partial charge in [-0.05, 0) is 25.0 Å². The Balaban J connectivity index is 1.96. The van der Waals surface area contributed by atoms with E-state index in [1.54, 1.807) is 24.3 Å². The number of carbonyl (C=O) groups excluding carboxylic acids is 2. The van der Waals surface area contributed by atoms with Crippen LogP contribution in [0.25, 0.3) is 0 Å². The van der Waals surface area contributed by atoms with Crippen molar-refractivity contribution < 1.29 is 18.0 Å². The molecule has 1 aromatic carbocycles. The highest BCUT2D eigenvalue weighted by atomic mass is 32.2. The second-order valence-electron chi connectivity index (χ2n) is 5.53. The van der Waals surface area contributed by atoms with Crippen molar-refractivity contribution in [3.8, 4) is 0 Å².